The molecule has 2 aliphatic heterocycles. The molecule has 2 saturated heterocycles. The number of hydrogen-bond acceptors (Lipinski definition) is 3. The Kier molecular flexibility index (Phi) is 4.98. The Morgan fingerprint density at radius 1 is 0.846 bits per heavy atom. The second kappa shape index (κ2) is 7.39. The molecule has 5 heteroatoms. The first-order valence-electron chi connectivity index (χ1n) is 9.96. The number of carbonyl (C=O) groups excluding carboxylic acids is 2. The summed E-state index contributed by atoms with van der Waals surface area (Å²) in [5.41, 5.74) is 1.22. The molecule has 1 saturated carbocycles. The van der Waals surface area contributed by atoms with Gasteiger partial charge in [0, 0.05) is 44.6 Å². The fraction of sp³-hybridized carbons (Fsp3) is 0.619. The van der Waals surface area contributed by atoms with E-state index in [9.17, 15) is 9.59 Å². The molecule has 0 bridgehead atoms. The number of benzene rings is 1. The average Bonchev–Trinajstić information content (AvgIpc) is 3.53. The number of amides is 2. The molecule has 1 aliphatic carbocycles. The molecule has 4 rings (SSSR count). The topological polar surface area (TPSA) is 43.9 Å². The van der Waals surface area contributed by atoms with Gasteiger partial charge >= 0.3 is 0 Å². The number of piperazine rings is 1. The Morgan fingerprint density at radius 3 is 2.15 bits per heavy atom. The number of rotatable bonds is 3. The van der Waals surface area contributed by atoms with E-state index in [1.807, 2.05) is 11.0 Å². The van der Waals surface area contributed by atoms with Crippen molar-refractivity contribution >= 4 is 11.8 Å². The number of hydrogen-bond donors (Lipinski definition) is 0. The molecule has 2 heterocycles. The van der Waals surface area contributed by atoms with E-state index < -0.39 is 0 Å². The van der Waals surface area contributed by atoms with E-state index in [2.05, 4.69) is 41.1 Å². The molecule has 0 radical (unpaired) electrons. The summed E-state index contributed by atoms with van der Waals surface area (Å²) in [6.07, 6.45) is 3.73. The van der Waals surface area contributed by atoms with Gasteiger partial charge in [-0.15, -0.1) is 0 Å². The van der Waals surface area contributed by atoms with Crippen LogP contribution in [0.5, 0.6) is 0 Å². The van der Waals surface area contributed by atoms with Crippen LogP contribution < -0.4 is 0 Å². The number of likely N-dealkylation sites (N-methyl/N-ethyl adjacent to an activating group) is 1. The van der Waals surface area contributed by atoms with Crippen molar-refractivity contribution in [3.8, 4) is 0 Å². The molecule has 2 amide bonds. The average molecular weight is 355 g/mol. The molecular weight excluding hydrogens is 326 g/mol. The number of piperidine rings is 1. The van der Waals surface area contributed by atoms with Crippen molar-refractivity contribution in [2.24, 2.45) is 11.8 Å². The highest BCUT2D eigenvalue weighted by molar-refractivity contribution is 5.82. The lowest BCUT2D eigenvalue weighted by Crippen LogP contribution is -2.52. The molecule has 1 aromatic carbocycles. The number of likely N-dealkylation sites (tertiary alicyclic amines) is 1. The quantitative estimate of drug-likeness (QED) is 0.834. The van der Waals surface area contributed by atoms with E-state index in [0.717, 1.165) is 58.4 Å². The van der Waals surface area contributed by atoms with Gasteiger partial charge in [0.2, 0.25) is 11.8 Å². The van der Waals surface area contributed by atoms with Crippen molar-refractivity contribution in [2.75, 3.05) is 39.8 Å². The van der Waals surface area contributed by atoms with E-state index in [4.69, 9.17) is 0 Å². The molecule has 1 atom stereocenters. The summed E-state index contributed by atoms with van der Waals surface area (Å²) in [5.74, 6) is 0.943. The fourth-order valence-electron chi connectivity index (χ4n) is 4.31. The highest BCUT2D eigenvalue weighted by Crippen LogP contribution is 2.33. The summed E-state index contributed by atoms with van der Waals surface area (Å²) >= 11 is 0. The third-order valence-electron chi connectivity index (χ3n) is 6.13. The van der Waals surface area contributed by atoms with Crippen molar-refractivity contribution in [1.29, 1.82) is 0 Å². The fourth-order valence-corrected chi connectivity index (χ4v) is 4.31. The molecule has 3 aliphatic rings. The lowest BCUT2D eigenvalue weighted by molar-refractivity contribution is -0.145. The van der Waals surface area contributed by atoms with Crippen LogP contribution in [0.1, 0.15) is 37.3 Å². The van der Waals surface area contributed by atoms with Crippen molar-refractivity contribution < 1.29 is 9.59 Å². The second-order valence-electron chi connectivity index (χ2n) is 8.09. The summed E-state index contributed by atoms with van der Waals surface area (Å²) in [6, 6.07) is 10.5. The summed E-state index contributed by atoms with van der Waals surface area (Å²) in [4.78, 5) is 31.9. The highest BCUT2D eigenvalue weighted by Gasteiger charge is 2.38. The minimum Gasteiger partial charge on any atom is -0.342 e. The molecule has 0 aromatic heterocycles. The van der Waals surface area contributed by atoms with Crippen LogP contribution in [0.2, 0.25) is 0 Å². The van der Waals surface area contributed by atoms with Gasteiger partial charge in [-0.05, 0) is 38.3 Å². The van der Waals surface area contributed by atoms with E-state index >= 15 is 0 Å². The number of carbonyl (C=O) groups is 2. The summed E-state index contributed by atoms with van der Waals surface area (Å²) < 4.78 is 0. The van der Waals surface area contributed by atoms with Crippen LogP contribution in [0.3, 0.4) is 0 Å². The SMILES string of the molecule is CN1CCN(C(=O)C2CCN(C(=O)C3CC3)CC2)C(c2ccccc2)C1. The predicted molar refractivity (Wildman–Crippen MR) is 100 cm³/mol. The van der Waals surface area contributed by atoms with Crippen molar-refractivity contribution in [2.45, 2.75) is 31.7 Å². The van der Waals surface area contributed by atoms with Gasteiger partial charge in [-0.1, -0.05) is 30.3 Å². The largest absolute Gasteiger partial charge is 0.342 e. The molecule has 3 fully saturated rings. The van der Waals surface area contributed by atoms with E-state index in [1.165, 1.54) is 5.56 Å². The van der Waals surface area contributed by atoms with Crippen LogP contribution in [0.25, 0.3) is 0 Å². The third-order valence-corrected chi connectivity index (χ3v) is 6.13. The van der Waals surface area contributed by atoms with Crippen molar-refractivity contribution in [1.82, 2.24) is 14.7 Å². The Labute approximate surface area is 155 Å². The Hall–Kier alpha value is -1.88. The summed E-state index contributed by atoms with van der Waals surface area (Å²) in [7, 11) is 2.12. The Balaban J connectivity index is 1.42. The van der Waals surface area contributed by atoms with Crippen LogP contribution in [0, 0.1) is 11.8 Å². The van der Waals surface area contributed by atoms with Gasteiger partial charge in [0.1, 0.15) is 0 Å². The Bertz CT molecular complexity index is 650. The molecule has 0 N–H and O–H groups in total. The zero-order valence-electron chi connectivity index (χ0n) is 15.6. The molecule has 1 unspecified atom stereocenters. The molecular formula is C21H29N3O2. The monoisotopic (exact) mass is 355 g/mol. The molecule has 1 aromatic rings. The minimum absolute atomic E-state index is 0.0628. The zero-order valence-corrected chi connectivity index (χ0v) is 15.6. The standard InChI is InChI=1S/C21H29N3O2/c1-22-13-14-24(19(15-22)16-5-3-2-4-6-16)21(26)18-9-11-23(12-10-18)20(25)17-7-8-17/h2-6,17-19H,7-15H2,1H3. The van der Waals surface area contributed by atoms with E-state index in [0.29, 0.717) is 5.91 Å². The van der Waals surface area contributed by atoms with Crippen LogP contribution in [0.15, 0.2) is 30.3 Å². The first-order valence-corrected chi connectivity index (χ1v) is 9.96. The number of nitrogens with zero attached hydrogens (tertiary/aromatic N) is 3. The highest BCUT2D eigenvalue weighted by atomic mass is 16.2. The van der Waals surface area contributed by atoms with E-state index in [1.54, 1.807) is 0 Å². The summed E-state index contributed by atoms with van der Waals surface area (Å²) in [5, 5.41) is 0. The van der Waals surface area contributed by atoms with Crippen LogP contribution in [-0.4, -0.2) is 66.3 Å². The Morgan fingerprint density at radius 2 is 1.50 bits per heavy atom. The summed E-state index contributed by atoms with van der Waals surface area (Å²) in [6.45, 7) is 4.09. The van der Waals surface area contributed by atoms with Crippen molar-refractivity contribution in [3.05, 3.63) is 35.9 Å². The normalized spacial score (nSPS) is 25.3. The maximum Gasteiger partial charge on any atom is 0.226 e. The first-order chi connectivity index (χ1) is 12.6. The zero-order chi connectivity index (χ0) is 18.1. The van der Waals surface area contributed by atoms with Gasteiger partial charge < -0.3 is 14.7 Å². The minimum atomic E-state index is 0.0628. The van der Waals surface area contributed by atoms with Gasteiger partial charge in [0.25, 0.3) is 0 Å². The lowest BCUT2D eigenvalue weighted by atomic mass is 9.92. The van der Waals surface area contributed by atoms with E-state index in [-0.39, 0.29) is 23.8 Å². The van der Waals surface area contributed by atoms with Crippen LogP contribution in [0.4, 0.5) is 0 Å². The lowest BCUT2D eigenvalue weighted by Gasteiger charge is -2.43. The van der Waals surface area contributed by atoms with Gasteiger partial charge in [-0.25, -0.2) is 0 Å². The maximum absolute atomic E-state index is 13.3. The smallest absolute Gasteiger partial charge is 0.226 e. The van der Waals surface area contributed by atoms with Gasteiger partial charge in [-0.3, -0.25) is 9.59 Å². The van der Waals surface area contributed by atoms with Crippen molar-refractivity contribution in [3.63, 3.8) is 0 Å². The van der Waals surface area contributed by atoms with Gasteiger partial charge in [0.15, 0.2) is 0 Å². The van der Waals surface area contributed by atoms with Crippen LogP contribution >= 0.6 is 0 Å². The molecule has 5 nitrogen and oxygen atoms in total. The van der Waals surface area contributed by atoms with Gasteiger partial charge in [-0.2, -0.15) is 0 Å². The molecule has 26 heavy (non-hydrogen) atoms. The predicted octanol–water partition coefficient (Wildman–Crippen LogP) is 2.15. The molecule has 140 valence electrons. The third kappa shape index (κ3) is 3.63. The second-order valence-corrected chi connectivity index (χ2v) is 8.09. The van der Waals surface area contributed by atoms with Crippen LogP contribution in [-0.2, 0) is 9.59 Å². The molecule has 0 spiro atoms. The first kappa shape index (κ1) is 17.5. The maximum atomic E-state index is 13.3. The van der Waals surface area contributed by atoms with Gasteiger partial charge in [0.05, 0.1) is 6.04 Å².